The molecule has 2 N–H and O–H groups in total. The summed E-state index contributed by atoms with van der Waals surface area (Å²) < 4.78 is 0. The van der Waals surface area contributed by atoms with Crippen LogP contribution in [0.1, 0.15) is 30.5 Å². The molecule has 2 aromatic rings. The van der Waals surface area contributed by atoms with E-state index in [0.717, 1.165) is 26.1 Å². The van der Waals surface area contributed by atoms with Gasteiger partial charge in [-0.05, 0) is 31.0 Å². The molecule has 0 saturated carbocycles. The third-order valence-corrected chi connectivity index (χ3v) is 3.71. The number of nitrogens with zero attached hydrogens (tertiary/aromatic N) is 1. The molecule has 20 heavy (non-hydrogen) atoms. The van der Waals surface area contributed by atoms with Crippen molar-refractivity contribution in [3.05, 3.63) is 71.8 Å². The summed E-state index contributed by atoms with van der Waals surface area (Å²) in [6.07, 6.45) is 1.03. The number of hydrogen-bond acceptors (Lipinski definition) is 2. The second-order valence-corrected chi connectivity index (χ2v) is 5.18. The Kier molecular flexibility index (Phi) is 5.78. The van der Waals surface area contributed by atoms with E-state index in [4.69, 9.17) is 5.73 Å². The van der Waals surface area contributed by atoms with Gasteiger partial charge in [0.15, 0.2) is 0 Å². The van der Waals surface area contributed by atoms with Gasteiger partial charge < -0.3 is 5.73 Å². The molecule has 0 aliphatic heterocycles. The Morgan fingerprint density at radius 2 is 1.55 bits per heavy atom. The van der Waals surface area contributed by atoms with E-state index in [-0.39, 0.29) is 0 Å². The quantitative estimate of drug-likeness (QED) is 0.831. The molecule has 0 amide bonds. The highest BCUT2D eigenvalue weighted by Gasteiger charge is 2.15. The number of nitrogens with two attached hydrogens (primary N) is 1. The molecule has 1 unspecified atom stereocenters. The molecule has 0 heterocycles. The summed E-state index contributed by atoms with van der Waals surface area (Å²) >= 11 is 0. The first-order chi connectivity index (χ1) is 9.81. The Labute approximate surface area is 122 Å². The zero-order valence-electron chi connectivity index (χ0n) is 12.2. The fourth-order valence-corrected chi connectivity index (χ4v) is 2.46. The number of hydrogen-bond donors (Lipinski definition) is 1. The van der Waals surface area contributed by atoms with Crippen molar-refractivity contribution in [1.29, 1.82) is 0 Å². The van der Waals surface area contributed by atoms with Gasteiger partial charge in [0.25, 0.3) is 0 Å². The van der Waals surface area contributed by atoms with Gasteiger partial charge in [0.05, 0.1) is 0 Å². The number of benzene rings is 2. The zero-order valence-corrected chi connectivity index (χ0v) is 12.2. The Morgan fingerprint density at radius 3 is 2.15 bits per heavy atom. The maximum Gasteiger partial charge on any atom is 0.0323 e. The minimum atomic E-state index is 0.406. The van der Waals surface area contributed by atoms with Gasteiger partial charge in [-0.2, -0.15) is 0 Å². The van der Waals surface area contributed by atoms with Crippen LogP contribution < -0.4 is 5.73 Å². The molecule has 106 valence electrons. The summed E-state index contributed by atoms with van der Waals surface area (Å²) in [5, 5.41) is 0. The largest absolute Gasteiger partial charge is 0.330 e. The molecule has 0 radical (unpaired) electrons. The lowest BCUT2D eigenvalue weighted by atomic mass is 10.1. The van der Waals surface area contributed by atoms with Crippen LogP contribution in [0.15, 0.2) is 60.7 Å². The van der Waals surface area contributed by atoms with E-state index in [0.29, 0.717) is 6.04 Å². The maximum atomic E-state index is 5.68. The van der Waals surface area contributed by atoms with Crippen molar-refractivity contribution in [2.45, 2.75) is 25.9 Å². The van der Waals surface area contributed by atoms with Gasteiger partial charge in [0.1, 0.15) is 0 Å². The lowest BCUT2D eigenvalue weighted by Crippen LogP contribution is -2.29. The molecule has 0 saturated heterocycles. The minimum absolute atomic E-state index is 0.406. The van der Waals surface area contributed by atoms with E-state index in [2.05, 4.69) is 72.5 Å². The first-order valence-electron chi connectivity index (χ1n) is 7.34. The predicted octanol–water partition coefficient (Wildman–Crippen LogP) is 3.60. The molecule has 2 heteroatoms. The van der Waals surface area contributed by atoms with E-state index >= 15 is 0 Å². The zero-order chi connectivity index (χ0) is 14.2. The molecule has 0 aliphatic rings. The SMILES string of the molecule is CC(c1ccccc1)N(CCCN)Cc1ccccc1. The van der Waals surface area contributed by atoms with Crippen molar-refractivity contribution in [2.24, 2.45) is 5.73 Å². The van der Waals surface area contributed by atoms with Crippen LogP contribution in [0.3, 0.4) is 0 Å². The second kappa shape index (κ2) is 7.83. The van der Waals surface area contributed by atoms with Crippen LogP contribution in [0.5, 0.6) is 0 Å². The standard InChI is InChI=1S/C18H24N2/c1-16(18-11-6-3-7-12-18)20(14-8-13-19)15-17-9-4-2-5-10-17/h2-7,9-12,16H,8,13-15,19H2,1H3. The van der Waals surface area contributed by atoms with Crippen molar-refractivity contribution in [3.8, 4) is 0 Å². The van der Waals surface area contributed by atoms with E-state index < -0.39 is 0 Å². The fourth-order valence-electron chi connectivity index (χ4n) is 2.46. The fraction of sp³-hybridized carbons (Fsp3) is 0.333. The van der Waals surface area contributed by atoms with Crippen molar-refractivity contribution >= 4 is 0 Å². The molecule has 0 bridgehead atoms. The van der Waals surface area contributed by atoms with E-state index in [1.807, 2.05) is 0 Å². The number of rotatable bonds is 7. The normalized spacial score (nSPS) is 12.6. The summed E-state index contributed by atoms with van der Waals surface area (Å²) in [7, 11) is 0. The first kappa shape index (κ1) is 14.8. The Balaban J connectivity index is 2.10. The van der Waals surface area contributed by atoms with Gasteiger partial charge in [-0.1, -0.05) is 60.7 Å². The summed E-state index contributed by atoms with van der Waals surface area (Å²) in [5.41, 5.74) is 8.40. The van der Waals surface area contributed by atoms with Gasteiger partial charge in [-0.25, -0.2) is 0 Å². The van der Waals surface area contributed by atoms with Gasteiger partial charge >= 0.3 is 0 Å². The summed E-state index contributed by atoms with van der Waals surface area (Å²) in [4.78, 5) is 2.50. The third kappa shape index (κ3) is 4.19. The Morgan fingerprint density at radius 1 is 0.950 bits per heavy atom. The van der Waals surface area contributed by atoms with Crippen LogP contribution in [0.2, 0.25) is 0 Å². The molecule has 2 nitrogen and oxygen atoms in total. The highest BCUT2D eigenvalue weighted by molar-refractivity contribution is 5.20. The molecule has 0 spiro atoms. The van der Waals surface area contributed by atoms with Crippen LogP contribution in [0.4, 0.5) is 0 Å². The maximum absolute atomic E-state index is 5.68. The van der Waals surface area contributed by atoms with Gasteiger partial charge in [0.2, 0.25) is 0 Å². The molecule has 2 aromatic carbocycles. The molecule has 2 rings (SSSR count). The van der Waals surface area contributed by atoms with Crippen molar-refractivity contribution < 1.29 is 0 Å². The Hall–Kier alpha value is -1.64. The molecule has 0 aliphatic carbocycles. The van der Waals surface area contributed by atoms with Crippen LogP contribution in [0.25, 0.3) is 0 Å². The monoisotopic (exact) mass is 268 g/mol. The predicted molar refractivity (Wildman–Crippen MR) is 85.4 cm³/mol. The van der Waals surface area contributed by atoms with Gasteiger partial charge in [-0.15, -0.1) is 0 Å². The van der Waals surface area contributed by atoms with E-state index in [1.54, 1.807) is 0 Å². The average molecular weight is 268 g/mol. The second-order valence-electron chi connectivity index (χ2n) is 5.18. The van der Waals surface area contributed by atoms with Gasteiger partial charge in [0, 0.05) is 19.1 Å². The molecular formula is C18H24N2. The van der Waals surface area contributed by atoms with Crippen LogP contribution >= 0.6 is 0 Å². The smallest absolute Gasteiger partial charge is 0.0323 e. The molecular weight excluding hydrogens is 244 g/mol. The van der Waals surface area contributed by atoms with Crippen molar-refractivity contribution in [3.63, 3.8) is 0 Å². The van der Waals surface area contributed by atoms with E-state index in [9.17, 15) is 0 Å². The van der Waals surface area contributed by atoms with Crippen LogP contribution in [-0.2, 0) is 6.54 Å². The summed E-state index contributed by atoms with van der Waals surface area (Å²) in [5.74, 6) is 0. The van der Waals surface area contributed by atoms with Gasteiger partial charge in [-0.3, -0.25) is 4.90 Å². The third-order valence-electron chi connectivity index (χ3n) is 3.71. The molecule has 0 aromatic heterocycles. The van der Waals surface area contributed by atoms with Crippen LogP contribution in [0, 0.1) is 0 Å². The molecule has 1 atom stereocenters. The highest BCUT2D eigenvalue weighted by Crippen LogP contribution is 2.22. The molecule has 0 fully saturated rings. The summed E-state index contributed by atoms with van der Waals surface area (Å²) in [6.45, 7) is 5.01. The van der Waals surface area contributed by atoms with Crippen LogP contribution in [-0.4, -0.2) is 18.0 Å². The van der Waals surface area contributed by atoms with E-state index in [1.165, 1.54) is 11.1 Å². The summed E-state index contributed by atoms with van der Waals surface area (Å²) in [6, 6.07) is 21.7. The highest BCUT2D eigenvalue weighted by atomic mass is 15.1. The lowest BCUT2D eigenvalue weighted by molar-refractivity contribution is 0.200. The van der Waals surface area contributed by atoms with Crippen molar-refractivity contribution in [1.82, 2.24) is 4.90 Å². The Bertz CT molecular complexity index is 481. The first-order valence-corrected chi connectivity index (χ1v) is 7.34. The lowest BCUT2D eigenvalue weighted by Gasteiger charge is -2.29. The topological polar surface area (TPSA) is 29.3 Å². The average Bonchev–Trinajstić information content (AvgIpc) is 2.52. The van der Waals surface area contributed by atoms with Crippen molar-refractivity contribution in [2.75, 3.05) is 13.1 Å². The minimum Gasteiger partial charge on any atom is -0.330 e.